The largest absolute Gasteiger partial charge is 0.472 e. The standard InChI is InChI=1S/C69H127O24P/c1-4-7-10-13-16-19-22-24-25-27-30-32-35-38-41-44-54(72)86-49-52-57(75)59(77)64(82)69(90-52)92-66-62(80)60(78)61(79)65(91-68-63(81)58(76)56(74)51(46-70)89-68)67(66)93-94(83,84)87-48-50(88-55(73)45-42-39-36-33-28-21-18-15-12-9-6-3)47-85-53(71)43-40-37-34-31-29-26-23-20-17-14-11-8-5-2/h19,22,50-52,56-70,74-82H,4-18,20-21,23-49H2,1-3H3,(H,83,84)/b22-19-. The first-order chi connectivity index (χ1) is 45.3. The van der Waals surface area contributed by atoms with Gasteiger partial charge in [0, 0.05) is 19.3 Å². The normalized spacial score (nSPS) is 28.3. The molecule has 0 aromatic heterocycles. The number of hydrogen-bond acceptors (Lipinski definition) is 23. The topological polar surface area (TPSA) is 374 Å². The smallest absolute Gasteiger partial charge is 0.463 e. The average molecular weight is 1370 g/mol. The van der Waals surface area contributed by atoms with Crippen LogP contribution in [-0.2, 0) is 61.2 Å². The molecular formula is C69H127O24P. The fraction of sp³-hybridized carbons (Fsp3) is 0.928. The van der Waals surface area contributed by atoms with E-state index >= 15 is 0 Å². The van der Waals surface area contributed by atoms with Crippen molar-refractivity contribution < 1.29 is 117 Å². The third kappa shape index (κ3) is 35.1. The van der Waals surface area contributed by atoms with E-state index in [0.29, 0.717) is 19.3 Å². The van der Waals surface area contributed by atoms with Gasteiger partial charge in [0.05, 0.1) is 13.2 Å². The fourth-order valence-corrected chi connectivity index (χ4v) is 13.0. The van der Waals surface area contributed by atoms with Crippen molar-refractivity contribution in [2.45, 2.75) is 382 Å². The Morgan fingerprint density at radius 2 is 0.745 bits per heavy atom. The monoisotopic (exact) mass is 1370 g/mol. The molecule has 0 spiro atoms. The van der Waals surface area contributed by atoms with Crippen molar-refractivity contribution >= 4 is 25.7 Å². The van der Waals surface area contributed by atoms with Gasteiger partial charge in [-0.15, -0.1) is 0 Å². The van der Waals surface area contributed by atoms with Crippen LogP contribution in [0.4, 0.5) is 0 Å². The fourth-order valence-electron chi connectivity index (χ4n) is 12.0. The highest BCUT2D eigenvalue weighted by Gasteiger charge is 2.58. The summed E-state index contributed by atoms with van der Waals surface area (Å²) in [6.45, 7) is 3.41. The maximum atomic E-state index is 14.3. The van der Waals surface area contributed by atoms with Crippen LogP contribution in [0.25, 0.3) is 0 Å². The van der Waals surface area contributed by atoms with Gasteiger partial charge in [-0.2, -0.15) is 0 Å². The van der Waals surface area contributed by atoms with Crippen molar-refractivity contribution in [2.75, 3.05) is 26.4 Å². The molecule has 0 aromatic carbocycles. The van der Waals surface area contributed by atoms with E-state index in [1.807, 2.05) is 0 Å². The number of phosphoric ester groups is 1. The summed E-state index contributed by atoms with van der Waals surface area (Å²) in [7, 11) is -5.69. The minimum Gasteiger partial charge on any atom is -0.463 e. The van der Waals surface area contributed by atoms with Gasteiger partial charge in [-0.3, -0.25) is 23.4 Å². The maximum Gasteiger partial charge on any atom is 0.472 e. The first-order valence-electron chi connectivity index (χ1n) is 36.5. The van der Waals surface area contributed by atoms with Crippen LogP contribution in [0, 0.1) is 0 Å². The van der Waals surface area contributed by atoms with Crippen LogP contribution in [0.3, 0.4) is 0 Å². The molecule has 3 rings (SSSR count). The first-order valence-corrected chi connectivity index (χ1v) is 38.0. The van der Waals surface area contributed by atoms with Crippen molar-refractivity contribution in [1.29, 1.82) is 0 Å². The number of aliphatic hydroxyl groups is 10. The third-order valence-electron chi connectivity index (χ3n) is 18.0. The molecule has 25 heteroatoms. The average Bonchev–Trinajstić information content (AvgIpc) is 0.768. The molecule has 0 radical (unpaired) electrons. The molecule has 0 bridgehead atoms. The van der Waals surface area contributed by atoms with Crippen LogP contribution in [-0.4, -0.2) is 204 Å². The quantitative estimate of drug-likeness (QED) is 0.00888. The summed E-state index contributed by atoms with van der Waals surface area (Å²) >= 11 is 0. The lowest BCUT2D eigenvalue weighted by Gasteiger charge is -2.49. The van der Waals surface area contributed by atoms with Gasteiger partial charge < -0.3 is 89.1 Å². The number of ether oxygens (including phenoxy) is 7. The van der Waals surface area contributed by atoms with Gasteiger partial charge in [0.2, 0.25) is 0 Å². The summed E-state index contributed by atoms with van der Waals surface area (Å²) in [6.07, 6.45) is 8.70. The molecule has 2 aliphatic heterocycles. The second-order valence-corrected chi connectivity index (χ2v) is 27.7. The van der Waals surface area contributed by atoms with Crippen molar-refractivity contribution in [3.8, 4) is 0 Å². The molecule has 3 fully saturated rings. The molecule has 552 valence electrons. The Kier molecular flexibility index (Phi) is 47.3. The minimum absolute atomic E-state index is 0.0247. The Bertz CT molecular complexity index is 2010. The third-order valence-corrected chi connectivity index (χ3v) is 19.0. The van der Waals surface area contributed by atoms with E-state index in [4.69, 9.17) is 42.2 Å². The highest BCUT2D eigenvalue weighted by atomic mass is 31.2. The first kappa shape index (κ1) is 85.9. The lowest BCUT2D eigenvalue weighted by molar-refractivity contribution is -0.360. The summed E-state index contributed by atoms with van der Waals surface area (Å²) in [5.74, 6) is -1.99. The van der Waals surface area contributed by atoms with Crippen LogP contribution < -0.4 is 0 Å². The number of allylic oxidation sites excluding steroid dienone is 2. The molecule has 3 aliphatic rings. The second kappa shape index (κ2) is 51.8. The summed E-state index contributed by atoms with van der Waals surface area (Å²) in [4.78, 5) is 50.8. The number of unbranched alkanes of at least 4 members (excludes halogenated alkanes) is 33. The zero-order valence-electron chi connectivity index (χ0n) is 57.3. The predicted molar refractivity (Wildman–Crippen MR) is 352 cm³/mol. The molecule has 2 heterocycles. The van der Waals surface area contributed by atoms with Gasteiger partial charge in [0.15, 0.2) is 18.7 Å². The molecule has 1 saturated carbocycles. The van der Waals surface area contributed by atoms with E-state index in [2.05, 4.69) is 32.9 Å². The van der Waals surface area contributed by atoms with E-state index < -0.39 is 156 Å². The molecule has 18 unspecified atom stereocenters. The van der Waals surface area contributed by atoms with Gasteiger partial charge in [-0.05, 0) is 44.9 Å². The molecule has 2 saturated heterocycles. The zero-order valence-corrected chi connectivity index (χ0v) is 58.2. The summed E-state index contributed by atoms with van der Waals surface area (Å²) in [5, 5.41) is 110. The number of esters is 3. The van der Waals surface area contributed by atoms with Gasteiger partial charge >= 0.3 is 25.7 Å². The van der Waals surface area contributed by atoms with Crippen molar-refractivity contribution in [3.63, 3.8) is 0 Å². The second-order valence-electron chi connectivity index (χ2n) is 26.3. The SMILES string of the molecule is CCCCCC/C=C\CCCCCCCCCC(=O)OCC1OC(OC2C(O)C(O)C(O)C(OC3OC(CO)C(O)C(O)C3O)C2OP(=O)(O)OCC(COC(=O)CCCCCCCCCCCCCCC)OC(=O)CCCCCCCCCCCCC)C(O)C(O)C1O. The van der Waals surface area contributed by atoms with Gasteiger partial charge in [0.1, 0.15) is 98.7 Å². The van der Waals surface area contributed by atoms with E-state index in [1.54, 1.807) is 0 Å². The number of carbonyl (C=O) groups is 3. The number of hydrogen-bond donors (Lipinski definition) is 11. The van der Waals surface area contributed by atoms with Crippen molar-refractivity contribution in [1.82, 2.24) is 0 Å². The Balaban J connectivity index is 1.74. The van der Waals surface area contributed by atoms with Crippen molar-refractivity contribution in [2.24, 2.45) is 0 Å². The molecule has 0 aromatic rings. The zero-order chi connectivity index (χ0) is 68.9. The van der Waals surface area contributed by atoms with E-state index in [0.717, 1.165) is 116 Å². The van der Waals surface area contributed by atoms with Crippen LogP contribution in [0.5, 0.6) is 0 Å². The number of carbonyl (C=O) groups excluding carboxylic acids is 3. The lowest BCUT2D eigenvalue weighted by atomic mass is 9.84. The van der Waals surface area contributed by atoms with Crippen LogP contribution in [0.2, 0.25) is 0 Å². The molecule has 1 aliphatic carbocycles. The Morgan fingerprint density at radius 1 is 0.404 bits per heavy atom. The molecular weight excluding hydrogens is 1240 g/mol. The summed E-state index contributed by atoms with van der Waals surface area (Å²) in [5.41, 5.74) is 0. The highest BCUT2D eigenvalue weighted by molar-refractivity contribution is 7.47. The van der Waals surface area contributed by atoms with E-state index in [9.17, 15) is 74.9 Å². The molecule has 24 nitrogen and oxygen atoms in total. The van der Waals surface area contributed by atoms with Crippen LogP contribution in [0.15, 0.2) is 12.2 Å². The minimum atomic E-state index is -5.69. The molecule has 94 heavy (non-hydrogen) atoms. The van der Waals surface area contributed by atoms with E-state index in [1.165, 1.54) is 103 Å². The summed E-state index contributed by atoms with van der Waals surface area (Å²) < 4.78 is 64.9. The maximum absolute atomic E-state index is 14.3. The van der Waals surface area contributed by atoms with Crippen LogP contribution in [0.1, 0.15) is 278 Å². The summed E-state index contributed by atoms with van der Waals surface area (Å²) in [6, 6.07) is 0. The van der Waals surface area contributed by atoms with Gasteiger partial charge in [0.25, 0.3) is 0 Å². The van der Waals surface area contributed by atoms with Crippen LogP contribution >= 0.6 is 7.82 Å². The number of phosphoric acid groups is 1. The highest BCUT2D eigenvalue weighted by Crippen LogP contribution is 2.49. The predicted octanol–water partition coefficient (Wildman–Crippen LogP) is 9.18. The molecule has 11 N–H and O–H groups in total. The number of aliphatic hydroxyl groups excluding tert-OH is 10. The number of rotatable bonds is 56. The molecule has 18 atom stereocenters. The Labute approximate surface area is 561 Å². The van der Waals surface area contributed by atoms with Crippen molar-refractivity contribution in [3.05, 3.63) is 12.2 Å². The lowest BCUT2D eigenvalue weighted by Crippen LogP contribution is -2.69. The van der Waals surface area contributed by atoms with Gasteiger partial charge in [-0.25, -0.2) is 4.57 Å². The Hall–Kier alpha value is -2.30. The molecule has 0 amide bonds. The van der Waals surface area contributed by atoms with Gasteiger partial charge in [-0.1, -0.05) is 226 Å². The Morgan fingerprint density at radius 3 is 1.16 bits per heavy atom. The van der Waals surface area contributed by atoms with E-state index in [-0.39, 0.29) is 19.3 Å².